The van der Waals surface area contributed by atoms with Crippen LogP contribution in [0.2, 0.25) is 5.02 Å². The highest BCUT2D eigenvalue weighted by molar-refractivity contribution is 6.31. The Bertz CT molecular complexity index is 980. The van der Waals surface area contributed by atoms with Gasteiger partial charge in [0.15, 0.2) is 17.4 Å². The highest BCUT2D eigenvalue weighted by Crippen LogP contribution is 2.33. The van der Waals surface area contributed by atoms with Crippen LogP contribution in [0.25, 0.3) is 0 Å². The standard InChI is InChI=1S/C22H25ClN6O2/c23-18-12-17(7-6-16(18)14-24)31-19-13-20(29-10-8-25-9-11-29)27-28-21(19)26-22(30)15-4-2-1-3-5-15/h6-7,12-13,15,25H,1-5,8-11H2,(H,26,28,30). The zero-order valence-electron chi connectivity index (χ0n) is 17.2. The van der Waals surface area contributed by atoms with E-state index in [9.17, 15) is 4.79 Å². The summed E-state index contributed by atoms with van der Waals surface area (Å²) in [5.41, 5.74) is 0.370. The lowest BCUT2D eigenvalue weighted by Crippen LogP contribution is -2.44. The maximum absolute atomic E-state index is 12.8. The fourth-order valence-corrected chi connectivity index (χ4v) is 4.15. The molecule has 1 aliphatic heterocycles. The second kappa shape index (κ2) is 9.94. The van der Waals surface area contributed by atoms with Crippen LogP contribution in [0.15, 0.2) is 24.3 Å². The maximum Gasteiger partial charge on any atom is 0.228 e. The van der Waals surface area contributed by atoms with Crippen molar-refractivity contribution in [3.63, 3.8) is 0 Å². The molecule has 8 nitrogen and oxygen atoms in total. The van der Waals surface area contributed by atoms with Gasteiger partial charge in [-0.2, -0.15) is 5.26 Å². The SMILES string of the molecule is N#Cc1ccc(Oc2cc(N3CCNCC3)nnc2NC(=O)C2CCCCC2)cc1Cl. The first-order valence-corrected chi connectivity index (χ1v) is 11.0. The number of aromatic nitrogens is 2. The summed E-state index contributed by atoms with van der Waals surface area (Å²) in [6, 6.07) is 8.68. The van der Waals surface area contributed by atoms with Crippen molar-refractivity contribution in [2.24, 2.45) is 5.92 Å². The predicted octanol–water partition coefficient (Wildman–Crippen LogP) is 3.72. The molecule has 0 unspecified atom stereocenters. The van der Waals surface area contributed by atoms with Gasteiger partial charge in [0.2, 0.25) is 5.91 Å². The maximum atomic E-state index is 12.8. The molecule has 2 aliphatic rings. The number of piperazine rings is 1. The number of nitriles is 1. The van der Waals surface area contributed by atoms with Crippen LogP contribution in [0.1, 0.15) is 37.7 Å². The number of benzene rings is 1. The number of carbonyl (C=O) groups is 1. The summed E-state index contributed by atoms with van der Waals surface area (Å²) in [6.07, 6.45) is 5.09. The molecule has 1 amide bonds. The molecule has 31 heavy (non-hydrogen) atoms. The Morgan fingerprint density at radius 1 is 1.19 bits per heavy atom. The Morgan fingerprint density at radius 2 is 1.97 bits per heavy atom. The molecule has 2 N–H and O–H groups in total. The summed E-state index contributed by atoms with van der Waals surface area (Å²) >= 11 is 6.16. The summed E-state index contributed by atoms with van der Waals surface area (Å²) < 4.78 is 6.06. The minimum atomic E-state index is -0.0494. The summed E-state index contributed by atoms with van der Waals surface area (Å²) in [5, 5.41) is 24.2. The fourth-order valence-electron chi connectivity index (χ4n) is 3.94. The second-order valence-corrected chi connectivity index (χ2v) is 8.24. The quantitative estimate of drug-likeness (QED) is 0.730. The van der Waals surface area contributed by atoms with E-state index in [1.54, 1.807) is 24.3 Å². The molecule has 2 fully saturated rings. The van der Waals surface area contributed by atoms with E-state index < -0.39 is 0 Å². The van der Waals surface area contributed by atoms with Crippen molar-refractivity contribution < 1.29 is 9.53 Å². The Labute approximate surface area is 186 Å². The van der Waals surface area contributed by atoms with Crippen LogP contribution in [-0.2, 0) is 4.79 Å². The number of nitrogens with zero attached hydrogens (tertiary/aromatic N) is 4. The number of carbonyl (C=O) groups excluding carboxylic acids is 1. The highest BCUT2D eigenvalue weighted by Gasteiger charge is 2.24. The van der Waals surface area contributed by atoms with E-state index >= 15 is 0 Å². The van der Waals surface area contributed by atoms with Gasteiger partial charge in [-0.15, -0.1) is 10.2 Å². The van der Waals surface area contributed by atoms with Crippen molar-refractivity contribution in [1.82, 2.24) is 15.5 Å². The number of anilines is 2. The van der Waals surface area contributed by atoms with Crippen molar-refractivity contribution in [3.05, 3.63) is 34.9 Å². The highest BCUT2D eigenvalue weighted by atomic mass is 35.5. The van der Waals surface area contributed by atoms with Crippen molar-refractivity contribution in [2.45, 2.75) is 32.1 Å². The van der Waals surface area contributed by atoms with Gasteiger partial charge in [0.05, 0.1) is 10.6 Å². The molecule has 0 atom stereocenters. The molecule has 2 aromatic rings. The Hall–Kier alpha value is -2.89. The van der Waals surface area contributed by atoms with Crippen LogP contribution >= 0.6 is 11.6 Å². The van der Waals surface area contributed by atoms with Crippen LogP contribution in [0.5, 0.6) is 11.5 Å². The lowest BCUT2D eigenvalue weighted by atomic mass is 9.89. The van der Waals surface area contributed by atoms with Crippen molar-refractivity contribution in [2.75, 3.05) is 36.4 Å². The van der Waals surface area contributed by atoms with Crippen LogP contribution in [0.4, 0.5) is 11.6 Å². The summed E-state index contributed by atoms with van der Waals surface area (Å²) in [7, 11) is 0. The molecule has 1 aliphatic carbocycles. The molecular weight excluding hydrogens is 416 g/mol. The van der Waals surface area contributed by atoms with E-state index in [-0.39, 0.29) is 17.6 Å². The van der Waals surface area contributed by atoms with Crippen LogP contribution in [-0.4, -0.2) is 42.3 Å². The van der Waals surface area contributed by atoms with Crippen LogP contribution < -0.4 is 20.3 Å². The average molecular weight is 441 g/mol. The molecule has 1 aromatic heterocycles. The molecule has 0 spiro atoms. The van der Waals surface area contributed by atoms with Crippen LogP contribution in [0, 0.1) is 17.2 Å². The van der Waals surface area contributed by atoms with E-state index in [1.807, 2.05) is 6.07 Å². The number of halogens is 1. The molecule has 2 heterocycles. The molecule has 4 rings (SSSR count). The molecule has 9 heteroatoms. The Balaban J connectivity index is 1.60. The zero-order valence-corrected chi connectivity index (χ0v) is 18.0. The summed E-state index contributed by atoms with van der Waals surface area (Å²) in [5.74, 6) is 1.76. The van der Waals surface area contributed by atoms with Gasteiger partial charge in [0.1, 0.15) is 11.8 Å². The second-order valence-electron chi connectivity index (χ2n) is 7.83. The van der Waals surface area contributed by atoms with E-state index in [4.69, 9.17) is 21.6 Å². The molecule has 1 saturated heterocycles. The summed E-state index contributed by atoms with van der Waals surface area (Å²) in [4.78, 5) is 14.9. The number of hydrogen-bond donors (Lipinski definition) is 2. The molecule has 162 valence electrons. The van der Waals surface area contributed by atoms with E-state index in [0.29, 0.717) is 27.9 Å². The third-order valence-corrected chi connectivity index (χ3v) is 6.01. The zero-order chi connectivity index (χ0) is 21.6. The van der Waals surface area contributed by atoms with Gasteiger partial charge >= 0.3 is 0 Å². The van der Waals surface area contributed by atoms with Gasteiger partial charge in [-0.25, -0.2) is 0 Å². The van der Waals surface area contributed by atoms with Crippen molar-refractivity contribution >= 4 is 29.1 Å². The van der Waals surface area contributed by atoms with Gasteiger partial charge in [-0.05, 0) is 25.0 Å². The third-order valence-electron chi connectivity index (χ3n) is 5.69. The minimum absolute atomic E-state index is 0.0133. The lowest BCUT2D eigenvalue weighted by Gasteiger charge is -2.28. The Morgan fingerprint density at radius 3 is 2.68 bits per heavy atom. The van der Waals surface area contributed by atoms with E-state index in [1.165, 1.54) is 6.42 Å². The first kappa shape index (κ1) is 21.3. The number of hydrogen-bond acceptors (Lipinski definition) is 7. The molecule has 0 radical (unpaired) electrons. The van der Waals surface area contributed by atoms with E-state index in [2.05, 4.69) is 25.7 Å². The smallest absolute Gasteiger partial charge is 0.228 e. The van der Waals surface area contributed by atoms with Crippen molar-refractivity contribution in [1.29, 1.82) is 5.26 Å². The fraction of sp³-hybridized carbons (Fsp3) is 0.455. The topological polar surface area (TPSA) is 103 Å². The number of ether oxygens (including phenoxy) is 1. The van der Waals surface area contributed by atoms with Gasteiger partial charge in [0.25, 0.3) is 0 Å². The monoisotopic (exact) mass is 440 g/mol. The molecule has 0 bridgehead atoms. The minimum Gasteiger partial charge on any atom is -0.453 e. The number of rotatable bonds is 5. The predicted molar refractivity (Wildman–Crippen MR) is 119 cm³/mol. The van der Waals surface area contributed by atoms with Gasteiger partial charge in [-0.3, -0.25) is 4.79 Å². The lowest BCUT2D eigenvalue weighted by molar-refractivity contribution is -0.120. The third kappa shape index (κ3) is 5.24. The first-order valence-electron chi connectivity index (χ1n) is 10.7. The number of nitrogens with one attached hydrogen (secondary N) is 2. The normalized spacial score (nSPS) is 17.1. The molecule has 1 aromatic carbocycles. The molecule has 1 saturated carbocycles. The molecular formula is C22H25ClN6O2. The Kier molecular flexibility index (Phi) is 6.85. The average Bonchev–Trinajstić information content (AvgIpc) is 2.81. The largest absolute Gasteiger partial charge is 0.453 e. The number of amides is 1. The van der Waals surface area contributed by atoms with Crippen molar-refractivity contribution in [3.8, 4) is 17.6 Å². The van der Waals surface area contributed by atoms with E-state index in [0.717, 1.165) is 51.9 Å². The van der Waals surface area contributed by atoms with Crippen LogP contribution in [0.3, 0.4) is 0 Å². The van der Waals surface area contributed by atoms with Gasteiger partial charge in [0, 0.05) is 44.2 Å². The summed E-state index contributed by atoms with van der Waals surface area (Å²) in [6.45, 7) is 3.35. The van der Waals surface area contributed by atoms with Gasteiger partial charge in [-0.1, -0.05) is 30.9 Å². The van der Waals surface area contributed by atoms with Gasteiger partial charge < -0.3 is 20.3 Å². The first-order chi connectivity index (χ1) is 15.1.